The maximum absolute atomic E-state index is 11.7. The molecule has 0 aromatic heterocycles. The molecule has 0 bridgehead atoms. The molecule has 0 heterocycles. The van der Waals surface area contributed by atoms with Gasteiger partial charge in [-0.2, -0.15) is 0 Å². The Hall–Kier alpha value is -1.79. The molecule has 3 amide bonds. The van der Waals surface area contributed by atoms with Crippen molar-refractivity contribution in [2.24, 2.45) is 11.7 Å². The third-order valence-electron chi connectivity index (χ3n) is 3.47. The van der Waals surface area contributed by atoms with Crippen LogP contribution in [0.25, 0.3) is 0 Å². The van der Waals surface area contributed by atoms with E-state index < -0.39 is 30.4 Å². The molecule has 1 fully saturated rings. The lowest BCUT2D eigenvalue weighted by atomic mass is 10.0. The number of carbonyl (C=O) groups is 3. The van der Waals surface area contributed by atoms with Gasteiger partial charge >= 0.3 is 12.0 Å². The summed E-state index contributed by atoms with van der Waals surface area (Å²) in [6.45, 7) is 1.90. The van der Waals surface area contributed by atoms with E-state index in [1.165, 1.54) is 0 Å². The van der Waals surface area contributed by atoms with Crippen LogP contribution in [0, 0.1) is 5.92 Å². The van der Waals surface area contributed by atoms with Crippen molar-refractivity contribution in [3.8, 4) is 0 Å². The highest BCUT2D eigenvalue weighted by atomic mass is 16.4. The molecule has 108 valence electrons. The summed E-state index contributed by atoms with van der Waals surface area (Å²) < 4.78 is 0. The smallest absolute Gasteiger partial charge is 0.326 e. The fourth-order valence-corrected chi connectivity index (χ4v) is 2.38. The lowest BCUT2D eigenvalue weighted by Gasteiger charge is -2.22. The van der Waals surface area contributed by atoms with Crippen molar-refractivity contribution in [2.75, 3.05) is 0 Å². The molecule has 1 rings (SSSR count). The molecule has 0 spiro atoms. The van der Waals surface area contributed by atoms with Crippen LogP contribution in [0.3, 0.4) is 0 Å². The molecule has 5 N–H and O–H groups in total. The number of nitrogens with one attached hydrogen (secondary N) is 2. The van der Waals surface area contributed by atoms with Gasteiger partial charge in [0.25, 0.3) is 0 Å². The number of carboxylic acids is 1. The summed E-state index contributed by atoms with van der Waals surface area (Å²) >= 11 is 0. The predicted octanol–water partition coefficient (Wildman–Crippen LogP) is 0.193. The lowest BCUT2D eigenvalue weighted by molar-refractivity contribution is -0.140. The first kappa shape index (κ1) is 15.3. The van der Waals surface area contributed by atoms with Crippen molar-refractivity contribution in [1.82, 2.24) is 10.6 Å². The van der Waals surface area contributed by atoms with Crippen LogP contribution in [0.5, 0.6) is 0 Å². The molecule has 2 atom stereocenters. The summed E-state index contributed by atoms with van der Waals surface area (Å²) in [7, 11) is 0. The molecule has 0 radical (unpaired) electrons. The Bertz CT molecular complexity index is 353. The van der Waals surface area contributed by atoms with E-state index in [1.807, 2.05) is 6.92 Å². The summed E-state index contributed by atoms with van der Waals surface area (Å²) in [6.07, 6.45) is 4.06. The molecular weight excluding hydrogens is 250 g/mol. The van der Waals surface area contributed by atoms with E-state index in [0.717, 1.165) is 25.7 Å². The second-order valence-electron chi connectivity index (χ2n) is 5.01. The number of carbonyl (C=O) groups excluding carboxylic acids is 2. The average molecular weight is 271 g/mol. The number of aliphatic carboxylic acids is 1. The zero-order valence-electron chi connectivity index (χ0n) is 11.0. The second kappa shape index (κ2) is 6.96. The Morgan fingerprint density at radius 2 is 1.84 bits per heavy atom. The number of urea groups is 1. The third-order valence-corrected chi connectivity index (χ3v) is 3.47. The zero-order valence-corrected chi connectivity index (χ0v) is 11.0. The van der Waals surface area contributed by atoms with Crippen molar-refractivity contribution >= 4 is 17.9 Å². The van der Waals surface area contributed by atoms with Gasteiger partial charge in [0.2, 0.25) is 5.91 Å². The van der Waals surface area contributed by atoms with E-state index in [9.17, 15) is 14.4 Å². The van der Waals surface area contributed by atoms with Crippen molar-refractivity contribution in [1.29, 1.82) is 0 Å². The molecule has 7 nitrogen and oxygen atoms in total. The monoisotopic (exact) mass is 271 g/mol. The Morgan fingerprint density at radius 3 is 2.32 bits per heavy atom. The van der Waals surface area contributed by atoms with Gasteiger partial charge in [0.05, 0.1) is 6.42 Å². The second-order valence-corrected chi connectivity index (χ2v) is 5.01. The fourth-order valence-electron chi connectivity index (χ4n) is 2.38. The van der Waals surface area contributed by atoms with Crippen LogP contribution >= 0.6 is 0 Å². The van der Waals surface area contributed by atoms with Crippen LogP contribution in [0.1, 0.15) is 39.0 Å². The van der Waals surface area contributed by atoms with Crippen molar-refractivity contribution in [3.63, 3.8) is 0 Å². The van der Waals surface area contributed by atoms with Gasteiger partial charge in [0.15, 0.2) is 0 Å². The molecule has 0 aromatic carbocycles. The quantitative estimate of drug-likeness (QED) is 0.551. The Balaban J connectivity index is 2.43. The standard InChI is InChI=1S/C12H21N3O4/c1-7(8-4-2-3-5-8)14-12(19)15-9(11(17)18)6-10(13)16/h7-9H,2-6H2,1H3,(H2,13,16)(H,17,18)(H2,14,15,19)/t7?,9-/m1/s1. The molecular formula is C12H21N3O4. The van der Waals surface area contributed by atoms with Crippen molar-refractivity contribution in [3.05, 3.63) is 0 Å². The number of amides is 3. The lowest BCUT2D eigenvalue weighted by Crippen LogP contribution is -2.50. The summed E-state index contributed by atoms with van der Waals surface area (Å²) in [5, 5.41) is 13.8. The number of rotatable bonds is 6. The van der Waals surface area contributed by atoms with Gasteiger partial charge in [-0.1, -0.05) is 12.8 Å². The minimum atomic E-state index is -1.28. The highest BCUT2D eigenvalue weighted by Gasteiger charge is 2.26. The van der Waals surface area contributed by atoms with Gasteiger partial charge in [-0.05, 0) is 25.7 Å². The molecule has 1 aliphatic rings. The number of hydrogen-bond acceptors (Lipinski definition) is 3. The summed E-state index contributed by atoms with van der Waals surface area (Å²) in [5.41, 5.74) is 4.93. The molecule has 1 unspecified atom stereocenters. The van der Waals surface area contributed by atoms with Crippen LogP contribution in [0.2, 0.25) is 0 Å². The van der Waals surface area contributed by atoms with Crippen molar-refractivity contribution < 1.29 is 19.5 Å². The van der Waals surface area contributed by atoms with Gasteiger partial charge in [-0.15, -0.1) is 0 Å². The van der Waals surface area contributed by atoms with E-state index in [-0.39, 0.29) is 6.04 Å². The van der Waals surface area contributed by atoms with Gasteiger partial charge in [0.1, 0.15) is 6.04 Å². The molecule has 1 aliphatic carbocycles. The largest absolute Gasteiger partial charge is 0.480 e. The maximum atomic E-state index is 11.7. The molecule has 0 aliphatic heterocycles. The van der Waals surface area contributed by atoms with Crippen LogP contribution in [0.15, 0.2) is 0 Å². The van der Waals surface area contributed by atoms with E-state index in [2.05, 4.69) is 10.6 Å². The minimum absolute atomic E-state index is 0.00878. The fraction of sp³-hybridized carbons (Fsp3) is 0.750. The maximum Gasteiger partial charge on any atom is 0.326 e. The first-order chi connectivity index (χ1) is 8.90. The Labute approximate surface area is 111 Å². The van der Waals surface area contributed by atoms with Gasteiger partial charge in [-0.3, -0.25) is 4.79 Å². The molecule has 1 saturated carbocycles. The van der Waals surface area contributed by atoms with Crippen LogP contribution in [0.4, 0.5) is 4.79 Å². The summed E-state index contributed by atoms with van der Waals surface area (Å²) in [5.74, 6) is -1.61. The Morgan fingerprint density at radius 1 is 1.26 bits per heavy atom. The van der Waals surface area contributed by atoms with Gasteiger partial charge in [0, 0.05) is 6.04 Å². The number of nitrogens with two attached hydrogens (primary N) is 1. The summed E-state index contributed by atoms with van der Waals surface area (Å²) in [6, 6.07) is -1.87. The minimum Gasteiger partial charge on any atom is -0.480 e. The van der Waals surface area contributed by atoms with Gasteiger partial charge < -0.3 is 21.5 Å². The van der Waals surface area contributed by atoms with E-state index in [1.54, 1.807) is 0 Å². The average Bonchev–Trinajstić information content (AvgIpc) is 2.80. The number of carboxylic acid groups (broad SMARTS) is 1. The highest BCUT2D eigenvalue weighted by molar-refractivity contribution is 5.87. The number of primary amides is 1. The van der Waals surface area contributed by atoms with E-state index >= 15 is 0 Å². The first-order valence-corrected chi connectivity index (χ1v) is 6.48. The molecule has 0 saturated heterocycles. The molecule has 7 heteroatoms. The zero-order chi connectivity index (χ0) is 14.4. The highest BCUT2D eigenvalue weighted by Crippen LogP contribution is 2.27. The van der Waals surface area contributed by atoms with E-state index in [0.29, 0.717) is 5.92 Å². The van der Waals surface area contributed by atoms with Crippen LogP contribution in [-0.2, 0) is 9.59 Å². The molecule has 19 heavy (non-hydrogen) atoms. The van der Waals surface area contributed by atoms with Crippen LogP contribution < -0.4 is 16.4 Å². The van der Waals surface area contributed by atoms with E-state index in [4.69, 9.17) is 10.8 Å². The van der Waals surface area contributed by atoms with Crippen molar-refractivity contribution in [2.45, 2.75) is 51.1 Å². The topological polar surface area (TPSA) is 122 Å². The van der Waals surface area contributed by atoms with Crippen LogP contribution in [-0.4, -0.2) is 35.1 Å². The third kappa shape index (κ3) is 5.15. The SMILES string of the molecule is CC(NC(=O)N[C@H](CC(N)=O)C(=O)O)C1CCCC1. The molecule has 0 aromatic rings. The van der Waals surface area contributed by atoms with Gasteiger partial charge in [-0.25, -0.2) is 9.59 Å². The summed E-state index contributed by atoms with van der Waals surface area (Å²) in [4.78, 5) is 33.2. The number of hydrogen-bond donors (Lipinski definition) is 4. The first-order valence-electron chi connectivity index (χ1n) is 6.48. The Kier molecular flexibility index (Phi) is 5.59. The predicted molar refractivity (Wildman–Crippen MR) is 68.3 cm³/mol. The normalized spacial score (nSPS) is 18.6.